The summed E-state index contributed by atoms with van der Waals surface area (Å²) in [7, 11) is 1.67. The number of nitrogens with zero attached hydrogens (tertiary/aromatic N) is 1. The van der Waals surface area contributed by atoms with Crippen LogP contribution >= 0.6 is 0 Å². The zero-order valence-corrected chi connectivity index (χ0v) is 15.0. The first-order chi connectivity index (χ1) is 12.3. The molecule has 25 heavy (non-hydrogen) atoms. The van der Waals surface area contributed by atoms with Gasteiger partial charge in [-0.15, -0.1) is 0 Å². The van der Waals surface area contributed by atoms with Gasteiger partial charge in [0, 0.05) is 31.0 Å². The predicted octanol–water partition coefficient (Wildman–Crippen LogP) is 3.54. The summed E-state index contributed by atoms with van der Waals surface area (Å²) < 4.78 is 16.4. The van der Waals surface area contributed by atoms with Crippen LogP contribution in [0.25, 0.3) is 0 Å². The maximum atomic E-state index is 5.56. The summed E-state index contributed by atoms with van der Waals surface area (Å²) in [6.07, 6.45) is 0. The van der Waals surface area contributed by atoms with E-state index in [-0.39, 0.29) is 0 Å². The topological polar surface area (TPSA) is 43.0 Å². The molecule has 0 atom stereocenters. The fourth-order valence-corrected chi connectivity index (χ4v) is 2.91. The molecular formula is C20H26N2O3. The van der Waals surface area contributed by atoms with Crippen LogP contribution in [0.15, 0.2) is 42.5 Å². The van der Waals surface area contributed by atoms with Crippen molar-refractivity contribution in [1.82, 2.24) is 0 Å². The van der Waals surface area contributed by atoms with Crippen molar-refractivity contribution < 1.29 is 14.2 Å². The second-order valence-corrected chi connectivity index (χ2v) is 5.92. The van der Waals surface area contributed by atoms with Gasteiger partial charge in [-0.25, -0.2) is 0 Å². The lowest BCUT2D eigenvalue weighted by molar-refractivity contribution is 0.122. The van der Waals surface area contributed by atoms with Crippen molar-refractivity contribution in [3.63, 3.8) is 0 Å². The lowest BCUT2D eigenvalue weighted by Gasteiger charge is -2.28. The number of nitrogens with one attached hydrogen (secondary N) is 1. The summed E-state index contributed by atoms with van der Waals surface area (Å²) in [5, 5.41) is 3.45. The average Bonchev–Trinajstić information content (AvgIpc) is 2.68. The highest BCUT2D eigenvalue weighted by atomic mass is 16.5. The van der Waals surface area contributed by atoms with Crippen LogP contribution in [0.5, 0.6) is 11.5 Å². The van der Waals surface area contributed by atoms with Gasteiger partial charge in [0.05, 0.1) is 26.9 Å². The maximum absolute atomic E-state index is 5.56. The van der Waals surface area contributed by atoms with E-state index in [1.54, 1.807) is 7.11 Å². The molecule has 5 heteroatoms. The van der Waals surface area contributed by atoms with E-state index in [0.717, 1.165) is 55.6 Å². The van der Waals surface area contributed by atoms with Crippen molar-refractivity contribution in [2.24, 2.45) is 0 Å². The van der Waals surface area contributed by atoms with Gasteiger partial charge in [-0.1, -0.05) is 6.07 Å². The fraction of sp³-hybridized carbons (Fsp3) is 0.400. The van der Waals surface area contributed by atoms with E-state index in [1.807, 2.05) is 19.1 Å². The Kier molecular flexibility index (Phi) is 6.01. The minimum absolute atomic E-state index is 0.628. The molecule has 5 nitrogen and oxygen atoms in total. The van der Waals surface area contributed by atoms with Crippen LogP contribution in [-0.4, -0.2) is 40.0 Å². The van der Waals surface area contributed by atoms with E-state index in [2.05, 4.69) is 40.5 Å². The third-order valence-electron chi connectivity index (χ3n) is 4.27. The highest BCUT2D eigenvalue weighted by Crippen LogP contribution is 2.28. The monoisotopic (exact) mass is 342 g/mol. The molecular weight excluding hydrogens is 316 g/mol. The lowest BCUT2D eigenvalue weighted by Crippen LogP contribution is -2.36. The maximum Gasteiger partial charge on any atom is 0.161 e. The normalized spacial score (nSPS) is 14.2. The largest absolute Gasteiger partial charge is 0.493 e. The summed E-state index contributed by atoms with van der Waals surface area (Å²) >= 11 is 0. The number of hydrogen-bond donors (Lipinski definition) is 1. The van der Waals surface area contributed by atoms with Crippen LogP contribution in [0.1, 0.15) is 12.5 Å². The predicted molar refractivity (Wildman–Crippen MR) is 101 cm³/mol. The molecule has 1 saturated heterocycles. The molecule has 1 heterocycles. The van der Waals surface area contributed by atoms with Gasteiger partial charge in [-0.2, -0.15) is 0 Å². The van der Waals surface area contributed by atoms with Gasteiger partial charge in [0.2, 0.25) is 0 Å². The van der Waals surface area contributed by atoms with Gasteiger partial charge in [0.15, 0.2) is 11.5 Å². The number of rotatable bonds is 7. The van der Waals surface area contributed by atoms with Gasteiger partial charge in [0.1, 0.15) is 0 Å². The van der Waals surface area contributed by atoms with Crippen LogP contribution in [0.2, 0.25) is 0 Å². The Balaban J connectivity index is 1.59. The van der Waals surface area contributed by atoms with Crippen molar-refractivity contribution in [2.75, 3.05) is 50.2 Å². The number of anilines is 2. The second kappa shape index (κ2) is 8.62. The summed E-state index contributed by atoms with van der Waals surface area (Å²) in [5.41, 5.74) is 3.50. The lowest BCUT2D eigenvalue weighted by atomic mass is 10.2. The number of benzene rings is 2. The molecule has 0 saturated carbocycles. The minimum Gasteiger partial charge on any atom is -0.493 e. The standard InChI is InChI=1S/C20H26N2O3/c1-3-25-19-9-4-16(14-20(19)23-2)15-21-17-5-7-18(8-6-17)22-10-12-24-13-11-22/h4-9,14,21H,3,10-13,15H2,1-2H3. The molecule has 1 fully saturated rings. The summed E-state index contributed by atoms with van der Waals surface area (Å²) in [6, 6.07) is 14.6. The Morgan fingerprint density at radius 2 is 1.80 bits per heavy atom. The Morgan fingerprint density at radius 3 is 2.48 bits per heavy atom. The van der Waals surface area contributed by atoms with Crippen molar-refractivity contribution in [3.8, 4) is 11.5 Å². The van der Waals surface area contributed by atoms with E-state index >= 15 is 0 Å². The van der Waals surface area contributed by atoms with Crippen LogP contribution in [0, 0.1) is 0 Å². The molecule has 1 aliphatic rings. The van der Waals surface area contributed by atoms with Crippen LogP contribution in [0.3, 0.4) is 0 Å². The number of hydrogen-bond acceptors (Lipinski definition) is 5. The number of methoxy groups -OCH3 is 1. The molecule has 1 aliphatic heterocycles. The molecule has 0 aliphatic carbocycles. The summed E-state index contributed by atoms with van der Waals surface area (Å²) in [4.78, 5) is 2.35. The third kappa shape index (κ3) is 4.57. The first-order valence-corrected chi connectivity index (χ1v) is 8.76. The molecule has 1 N–H and O–H groups in total. The van der Waals surface area contributed by atoms with Gasteiger partial charge < -0.3 is 24.4 Å². The van der Waals surface area contributed by atoms with Crippen molar-refractivity contribution in [2.45, 2.75) is 13.5 Å². The van der Waals surface area contributed by atoms with Gasteiger partial charge in [-0.05, 0) is 48.9 Å². The first kappa shape index (κ1) is 17.4. The molecule has 2 aromatic carbocycles. The zero-order valence-electron chi connectivity index (χ0n) is 15.0. The van der Waals surface area contributed by atoms with Crippen LogP contribution in [0.4, 0.5) is 11.4 Å². The van der Waals surface area contributed by atoms with Crippen molar-refractivity contribution in [3.05, 3.63) is 48.0 Å². The van der Waals surface area contributed by atoms with Gasteiger partial charge >= 0.3 is 0 Å². The molecule has 134 valence electrons. The van der Waals surface area contributed by atoms with E-state index < -0.39 is 0 Å². The molecule has 0 amide bonds. The molecule has 0 spiro atoms. The van der Waals surface area contributed by atoms with E-state index in [9.17, 15) is 0 Å². The van der Waals surface area contributed by atoms with Crippen LogP contribution < -0.4 is 19.7 Å². The molecule has 2 aromatic rings. The number of morpholine rings is 1. The highest BCUT2D eigenvalue weighted by Gasteiger charge is 2.10. The molecule has 3 rings (SSSR count). The van der Waals surface area contributed by atoms with Crippen molar-refractivity contribution in [1.29, 1.82) is 0 Å². The Labute approximate surface area is 149 Å². The molecule has 0 aromatic heterocycles. The number of ether oxygens (including phenoxy) is 3. The molecule has 0 radical (unpaired) electrons. The smallest absolute Gasteiger partial charge is 0.161 e. The highest BCUT2D eigenvalue weighted by molar-refractivity contribution is 5.55. The first-order valence-electron chi connectivity index (χ1n) is 8.76. The van der Waals surface area contributed by atoms with Crippen molar-refractivity contribution >= 4 is 11.4 Å². The van der Waals surface area contributed by atoms with E-state index in [0.29, 0.717) is 6.61 Å². The van der Waals surface area contributed by atoms with E-state index in [4.69, 9.17) is 14.2 Å². The van der Waals surface area contributed by atoms with Gasteiger partial charge in [-0.3, -0.25) is 0 Å². The van der Waals surface area contributed by atoms with Crippen LogP contribution in [-0.2, 0) is 11.3 Å². The SMILES string of the molecule is CCOc1ccc(CNc2ccc(N3CCOCC3)cc2)cc1OC. The second-order valence-electron chi connectivity index (χ2n) is 5.92. The zero-order chi connectivity index (χ0) is 17.5. The summed E-state index contributed by atoms with van der Waals surface area (Å²) in [5.74, 6) is 1.55. The Hall–Kier alpha value is -2.40. The summed E-state index contributed by atoms with van der Waals surface area (Å²) in [6.45, 7) is 6.86. The Bertz CT molecular complexity index is 667. The minimum atomic E-state index is 0.628. The fourth-order valence-electron chi connectivity index (χ4n) is 2.91. The average molecular weight is 342 g/mol. The van der Waals surface area contributed by atoms with E-state index in [1.165, 1.54) is 5.69 Å². The molecule has 0 bridgehead atoms. The molecule has 0 unspecified atom stereocenters. The Morgan fingerprint density at radius 1 is 1.04 bits per heavy atom. The quantitative estimate of drug-likeness (QED) is 0.834. The third-order valence-corrected chi connectivity index (χ3v) is 4.27. The van der Waals surface area contributed by atoms with Gasteiger partial charge in [0.25, 0.3) is 0 Å².